The van der Waals surface area contributed by atoms with E-state index in [9.17, 15) is 18.0 Å². The molecule has 4 rings (SSSR count). The van der Waals surface area contributed by atoms with E-state index in [0.717, 1.165) is 15.3 Å². The van der Waals surface area contributed by atoms with Gasteiger partial charge in [-0.15, -0.1) is 0 Å². The van der Waals surface area contributed by atoms with Gasteiger partial charge in [-0.25, -0.2) is 8.42 Å². The van der Waals surface area contributed by atoms with Crippen molar-refractivity contribution in [3.8, 4) is 0 Å². The molecule has 3 aromatic rings. The molecule has 8 heteroatoms. The third-order valence-electron chi connectivity index (χ3n) is 4.52. The molecule has 0 aliphatic carbocycles. The Hall–Kier alpha value is -3.65. The van der Waals surface area contributed by atoms with Gasteiger partial charge in [0, 0.05) is 11.5 Å². The molecular formula is C21H17N3O4S. The van der Waals surface area contributed by atoms with Crippen molar-refractivity contribution >= 4 is 44.4 Å². The number of nitrogens with one attached hydrogen (secondary N) is 2. The number of anilines is 1. The minimum Gasteiger partial charge on any atom is -0.271 e. The van der Waals surface area contributed by atoms with Crippen LogP contribution in [0.15, 0.2) is 77.7 Å². The molecule has 1 aliphatic rings. The number of carbonyl (C=O) groups is 2. The third-order valence-corrected chi connectivity index (χ3v) is 6.32. The lowest BCUT2D eigenvalue weighted by molar-refractivity contribution is -0.125. The van der Waals surface area contributed by atoms with Crippen molar-refractivity contribution in [2.24, 2.45) is 0 Å². The van der Waals surface area contributed by atoms with Crippen molar-refractivity contribution in [3.05, 3.63) is 78.4 Å². The zero-order chi connectivity index (χ0) is 20.4. The summed E-state index contributed by atoms with van der Waals surface area (Å²) in [6, 6.07) is 19.4. The van der Waals surface area contributed by atoms with Crippen LogP contribution in [0.2, 0.25) is 0 Å². The summed E-state index contributed by atoms with van der Waals surface area (Å²) in [5, 5.41) is 1.38. The fourth-order valence-electron chi connectivity index (χ4n) is 3.21. The minimum atomic E-state index is -3.83. The van der Waals surface area contributed by atoms with Gasteiger partial charge in [0.05, 0.1) is 10.6 Å². The van der Waals surface area contributed by atoms with Crippen LogP contribution in [-0.2, 0) is 19.6 Å². The summed E-state index contributed by atoms with van der Waals surface area (Å²) in [4.78, 5) is 24.3. The Morgan fingerprint density at radius 1 is 0.897 bits per heavy atom. The molecule has 0 fully saturated rings. The van der Waals surface area contributed by atoms with Gasteiger partial charge in [0.15, 0.2) is 0 Å². The van der Waals surface area contributed by atoms with Gasteiger partial charge in [-0.3, -0.25) is 24.7 Å². The maximum Gasteiger partial charge on any atom is 0.265 e. The zero-order valence-corrected chi connectivity index (χ0v) is 16.0. The Bertz CT molecular complexity index is 1230. The monoisotopic (exact) mass is 407 g/mol. The fraction of sp³-hybridized carbons (Fsp3) is 0.0476. The Balaban J connectivity index is 1.44. The van der Waals surface area contributed by atoms with E-state index >= 15 is 0 Å². The molecule has 0 aromatic heterocycles. The molecule has 29 heavy (non-hydrogen) atoms. The van der Waals surface area contributed by atoms with Crippen LogP contribution >= 0.6 is 0 Å². The highest BCUT2D eigenvalue weighted by molar-refractivity contribution is 7.93. The summed E-state index contributed by atoms with van der Waals surface area (Å²) in [6.07, 6.45) is 2.88. The van der Waals surface area contributed by atoms with Gasteiger partial charge < -0.3 is 0 Å². The Morgan fingerprint density at radius 3 is 2.38 bits per heavy atom. The van der Waals surface area contributed by atoms with Crippen molar-refractivity contribution in [1.29, 1.82) is 0 Å². The summed E-state index contributed by atoms with van der Waals surface area (Å²) >= 11 is 0. The number of hydrogen-bond donors (Lipinski definition) is 2. The first-order valence-corrected chi connectivity index (χ1v) is 10.3. The number of nitrogens with zero attached hydrogens (tertiary/aromatic N) is 1. The van der Waals surface area contributed by atoms with Crippen LogP contribution in [0.5, 0.6) is 0 Å². The summed E-state index contributed by atoms with van der Waals surface area (Å²) in [5.41, 5.74) is 5.78. The van der Waals surface area contributed by atoms with Crippen LogP contribution in [0.4, 0.5) is 5.69 Å². The second kappa shape index (κ2) is 7.40. The zero-order valence-electron chi connectivity index (χ0n) is 15.2. The van der Waals surface area contributed by atoms with E-state index in [1.54, 1.807) is 24.3 Å². The lowest BCUT2D eigenvalue weighted by Gasteiger charge is -2.18. The van der Waals surface area contributed by atoms with Gasteiger partial charge in [0.1, 0.15) is 6.54 Å². The summed E-state index contributed by atoms with van der Waals surface area (Å²) in [7, 11) is -3.83. The molecule has 7 nitrogen and oxygen atoms in total. The fourth-order valence-corrected chi connectivity index (χ4v) is 4.87. The molecule has 3 aromatic carbocycles. The van der Waals surface area contributed by atoms with Crippen molar-refractivity contribution < 1.29 is 18.0 Å². The van der Waals surface area contributed by atoms with E-state index in [2.05, 4.69) is 10.9 Å². The van der Waals surface area contributed by atoms with Gasteiger partial charge in [-0.2, -0.15) is 0 Å². The summed E-state index contributed by atoms with van der Waals surface area (Å²) < 4.78 is 26.7. The van der Waals surface area contributed by atoms with E-state index in [0.29, 0.717) is 11.1 Å². The van der Waals surface area contributed by atoms with Gasteiger partial charge in [0.2, 0.25) is 0 Å². The number of amides is 2. The van der Waals surface area contributed by atoms with Gasteiger partial charge in [-0.05, 0) is 29.2 Å². The second-order valence-corrected chi connectivity index (χ2v) is 8.26. The number of hydrazine groups is 1. The number of sulfonamides is 1. The Kier molecular flexibility index (Phi) is 4.77. The second-order valence-electron chi connectivity index (χ2n) is 6.42. The molecule has 2 N–H and O–H groups in total. The van der Waals surface area contributed by atoms with E-state index in [1.165, 1.54) is 12.1 Å². The van der Waals surface area contributed by atoms with Gasteiger partial charge >= 0.3 is 0 Å². The van der Waals surface area contributed by atoms with Crippen molar-refractivity contribution in [2.45, 2.75) is 4.90 Å². The predicted octanol–water partition coefficient (Wildman–Crippen LogP) is 2.21. The van der Waals surface area contributed by atoms with Crippen molar-refractivity contribution in [1.82, 2.24) is 10.9 Å². The lowest BCUT2D eigenvalue weighted by Crippen LogP contribution is -2.46. The minimum absolute atomic E-state index is 0.174. The molecule has 0 radical (unpaired) electrons. The van der Waals surface area contributed by atoms with Crippen LogP contribution in [0.25, 0.3) is 16.8 Å². The first-order valence-electron chi connectivity index (χ1n) is 8.83. The summed E-state index contributed by atoms with van der Waals surface area (Å²) in [5.74, 6) is -1.18. The Labute approximate surface area is 167 Å². The van der Waals surface area contributed by atoms with Crippen LogP contribution in [0.3, 0.4) is 0 Å². The SMILES string of the molecule is O=C(/C=C/c1ccccc1)NNC(=O)CN1c2cccc3cccc(c23)S1(=O)=O. The highest BCUT2D eigenvalue weighted by Crippen LogP contribution is 2.41. The predicted molar refractivity (Wildman–Crippen MR) is 110 cm³/mol. The topological polar surface area (TPSA) is 95.6 Å². The summed E-state index contributed by atoms with van der Waals surface area (Å²) in [6.45, 7) is -0.446. The Morgan fingerprint density at radius 2 is 1.62 bits per heavy atom. The standard InChI is InChI=1S/C21H17N3O4S/c25-19(13-12-15-6-2-1-3-7-15)22-23-20(26)14-24-17-10-4-8-16-9-5-11-18(21(16)17)29(24,27)28/h1-13H,14H2,(H,22,25)(H,23,26)/b13-12+. The van der Waals surface area contributed by atoms with Gasteiger partial charge in [-0.1, -0.05) is 54.6 Å². The average molecular weight is 407 g/mol. The van der Waals surface area contributed by atoms with Crippen LogP contribution in [0, 0.1) is 0 Å². The van der Waals surface area contributed by atoms with Gasteiger partial charge in [0.25, 0.3) is 21.8 Å². The van der Waals surface area contributed by atoms with Crippen LogP contribution < -0.4 is 15.2 Å². The van der Waals surface area contributed by atoms with Crippen LogP contribution in [0.1, 0.15) is 5.56 Å². The number of hydrogen-bond acceptors (Lipinski definition) is 4. The molecule has 0 saturated heterocycles. The third kappa shape index (κ3) is 3.57. The van der Waals surface area contributed by atoms with Crippen molar-refractivity contribution in [2.75, 3.05) is 10.8 Å². The molecule has 1 aliphatic heterocycles. The van der Waals surface area contributed by atoms with Crippen LogP contribution in [-0.4, -0.2) is 26.8 Å². The molecule has 0 atom stereocenters. The van der Waals surface area contributed by atoms with E-state index in [-0.39, 0.29) is 4.90 Å². The molecule has 2 amide bonds. The van der Waals surface area contributed by atoms with E-state index in [4.69, 9.17) is 0 Å². The highest BCUT2D eigenvalue weighted by atomic mass is 32.2. The smallest absolute Gasteiger partial charge is 0.265 e. The lowest BCUT2D eigenvalue weighted by atomic mass is 10.1. The first-order chi connectivity index (χ1) is 14.0. The first kappa shape index (κ1) is 18.7. The molecular weight excluding hydrogens is 390 g/mol. The largest absolute Gasteiger partial charge is 0.271 e. The normalized spacial score (nSPS) is 14.3. The van der Waals surface area contributed by atoms with E-state index < -0.39 is 28.4 Å². The maximum atomic E-state index is 12.8. The average Bonchev–Trinajstić information content (AvgIpc) is 2.95. The highest BCUT2D eigenvalue weighted by Gasteiger charge is 2.36. The maximum absolute atomic E-state index is 12.8. The molecule has 0 bridgehead atoms. The molecule has 0 saturated carbocycles. The molecule has 0 unspecified atom stereocenters. The number of rotatable bonds is 4. The molecule has 146 valence electrons. The quantitative estimate of drug-likeness (QED) is 0.512. The molecule has 0 spiro atoms. The van der Waals surface area contributed by atoms with E-state index in [1.807, 2.05) is 42.5 Å². The number of benzene rings is 3. The van der Waals surface area contributed by atoms with Crippen molar-refractivity contribution in [3.63, 3.8) is 0 Å². The molecule has 1 heterocycles. The number of carbonyl (C=O) groups excluding carboxylic acids is 2.